The predicted octanol–water partition coefficient (Wildman–Crippen LogP) is 6.90. The van der Waals surface area contributed by atoms with Gasteiger partial charge in [0.1, 0.15) is 12.1 Å². The van der Waals surface area contributed by atoms with Crippen LogP contribution in [0.1, 0.15) is 45.7 Å². The Morgan fingerprint density at radius 3 is 1.88 bits per heavy atom. The number of piperazine rings is 2. The summed E-state index contributed by atoms with van der Waals surface area (Å²) < 4.78 is 17.9. The Bertz CT molecular complexity index is 2920. The number of carbonyl (C=O) groups excluding carboxylic acids is 2. The molecule has 2 fully saturated rings. The maximum absolute atomic E-state index is 12.7. The van der Waals surface area contributed by atoms with Crippen molar-refractivity contribution in [3.05, 3.63) is 128 Å². The van der Waals surface area contributed by atoms with Gasteiger partial charge in [-0.3, -0.25) is 19.1 Å². The van der Waals surface area contributed by atoms with Crippen molar-refractivity contribution in [1.29, 1.82) is 0 Å². The minimum atomic E-state index is -0.592. The maximum Gasteiger partial charge on any atom is 0.410 e. The van der Waals surface area contributed by atoms with Gasteiger partial charge in [0.25, 0.3) is 0 Å². The van der Waals surface area contributed by atoms with Crippen molar-refractivity contribution in [3.8, 4) is 22.3 Å². The zero-order chi connectivity index (χ0) is 47.8. The standard InChI is InChI=1S/C28H30N8O.C20H24N6O3.C2H6/c1-37-14-13-35-20-25(18-31-35)24-7-8-26-27(19-32-36(26)21-24)33-9-11-34(12-10-33)28-29-16-23(17-30-28)15-22-5-3-2-4-6-22;1-20(2,3)29-19(28)24-7-8-25(18(27)13-24)17-10-22-26-12-14(5-6-16(17)26)15-9-21-23(4)11-15;1-2/h2-8,16-21H,9-15H2,1H3;5-6,9-12H,7-8,13H2,1-4H3;1-2H3. The molecule has 1 aromatic carbocycles. The van der Waals surface area contributed by atoms with E-state index in [1.165, 1.54) is 10.5 Å². The first kappa shape index (κ1) is 46.9. The number of benzene rings is 1. The molecule has 354 valence electrons. The second-order valence-electron chi connectivity index (χ2n) is 17.4. The normalized spacial score (nSPS) is 14.2. The minimum absolute atomic E-state index is 0.0139. The molecule has 7 aromatic heterocycles. The van der Waals surface area contributed by atoms with Crippen LogP contribution < -0.4 is 14.7 Å². The third kappa shape index (κ3) is 11.0. The fourth-order valence-electron chi connectivity index (χ4n) is 8.12. The van der Waals surface area contributed by atoms with E-state index < -0.39 is 11.7 Å². The van der Waals surface area contributed by atoms with Crippen molar-refractivity contribution < 1.29 is 19.1 Å². The largest absolute Gasteiger partial charge is 0.444 e. The predicted molar refractivity (Wildman–Crippen MR) is 263 cm³/mol. The number of rotatable bonds is 10. The first-order valence-corrected chi connectivity index (χ1v) is 23.1. The molecule has 18 nitrogen and oxygen atoms in total. The number of ether oxygens (including phenoxy) is 2. The molecular weight excluding hydrogens is 861 g/mol. The van der Waals surface area contributed by atoms with Crippen LogP contribution in [0.2, 0.25) is 0 Å². The fourth-order valence-corrected chi connectivity index (χ4v) is 8.12. The molecule has 0 N–H and O–H groups in total. The van der Waals surface area contributed by atoms with Crippen LogP contribution in [0.25, 0.3) is 33.3 Å². The molecule has 2 aliphatic rings. The summed E-state index contributed by atoms with van der Waals surface area (Å²) in [6, 6.07) is 18.6. The van der Waals surface area contributed by atoms with Crippen molar-refractivity contribution >= 4 is 40.4 Å². The first-order valence-electron chi connectivity index (χ1n) is 23.1. The number of anilines is 3. The Balaban J connectivity index is 0.000000183. The molecule has 0 spiro atoms. The number of fused-ring (bicyclic) bond motifs is 2. The van der Waals surface area contributed by atoms with Gasteiger partial charge in [-0.1, -0.05) is 56.3 Å². The molecular formula is C50H60N14O4. The zero-order valence-electron chi connectivity index (χ0n) is 39.9. The van der Waals surface area contributed by atoms with Gasteiger partial charge >= 0.3 is 6.09 Å². The number of methoxy groups -OCH3 is 1. The molecule has 10 rings (SSSR count). The number of pyridine rings is 2. The molecule has 2 amide bonds. The van der Waals surface area contributed by atoms with E-state index in [4.69, 9.17) is 9.47 Å². The lowest BCUT2D eigenvalue weighted by molar-refractivity contribution is -0.121. The molecule has 0 saturated carbocycles. The van der Waals surface area contributed by atoms with Crippen molar-refractivity contribution in [2.45, 2.75) is 53.2 Å². The lowest BCUT2D eigenvalue weighted by atomic mass is 10.1. The highest BCUT2D eigenvalue weighted by Crippen LogP contribution is 2.29. The van der Waals surface area contributed by atoms with E-state index in [1.807, 2.05) is 112 Å². The average molecular weight is 921 g/mol. The molecule has 0 radical (unpaired) electrons. The van der Waals surface area contributed by atoms with Crippen molar-refractivity contribution in [2.24, 2.45) is 7.05 Å². The van der Waals surface area contributed by atoms with E-state index in [0.717, 1.165) is 95.3 Å². The molecule has 68 heavy (non-hydrogen) atoms. The SMILES string of the molecule is CC.COCCn1cc(-c2ccc3c(N4CCN(c5ncc(Cc6ccccc6)cn5)CC4)cnn3c2)cn1.Cn1cc(-c2ccc3c(N4CCN(C(=O)OC(C)(C)C)CC4=O)cnn3c2)cn1. The van der Waals surface area contributed by atoms with Crippen LogP contribution >= 0.6 is 0 Å². The van der Waals surface area contributed by atoms with Crippen LogP contribution in [0.5, 0.6) is 0 Å². The number of nitrogens with zero attached hydrogens (tertiary/aromatic N) is 14. The molecule has 0 aliphatic carbocycles. The van der Waals surface area contributed by atoms with Gasteiger partial charge in [0.2, 0.25) is 11.9 Å². The second kappa shape index (κ2) is 20.9. The van der Waals surface area contributed by atoms with Crippen molar-refractivity contribution in [1.82, 2.24) is 53.7 Å². The van der Waals surface area contributed by atoms with Crippen LogP contribution in [0.3, 0.4) is 0 Å². The zero-order valence-corrected chi connectivity index (χ0v) is 39.9. The highest BCUT2D eigenvalue weighted by Gasteiger charge is 2.32. The Labute approximate surface area is 396 Å². The smallest absolute Gasteiger partial charge is 0.410 e. The van der Waals surface area contributed by atoms with Gasteiger partial charge in [0, 0.05) is 119 Å². The van der Waals surface area contributed by atoms with Crippen LogP contribution in [0.15, 0.2) is 117 Å². The van der Waals surface area contributed by atoms with E-state index in [2.05, 4.69) is 82.8 Å². The lowest BCUT2D eigenvalue weighted by Crippen LogP contribution is -2.53. The summed E-state index contributed by atoms with van der Waals surface area (Å²) in [7, 11) is 3.57. The minimum Gasteiger partial charge on any atom is -0.444 e. The highest BCUT2D eigenvalue weighted by molar-refractivity contribution is 6.00. The average Bonchev–Trinajstić information content (AvgIpc) is 4.19. The van der Waals surface area contributed by atoms with E-state index in [0.29, 0.717) is 19.7 Å². The molecule has 0 atom stereocenters. The van der Waals surface area contributed by atoms with Crippen LogP contribution in [-0.2, 0) is 34.3 Å². The topological polar surface area (TPSA) is 162 Å². The number of hydrogen-bond acceptors (Lipinski definition) is 12. The quantitative estimate of drug-likeness (QED) is 0.140. The van der Waals surface area contributed by atoms with E-state index in [-0.39, 0.29) is 12.5 Å². The van der Waals surface area contributed by atoms with Crippen LogP contribution in [-0.4, -0.2) is 131 Å². The summed E-state index contributed by atoms with van der Waals surface area (Å²) >= 11 is 0. The molecule has 9 heterocycles. The van der Waals surface area contributed by atoms with E-state index in [1.54, 1.807) is 33.6 Å². The Hall–Kier alpha value is -7.60. The van der Waals surface area contributed by atoms with Gasteiger partial charge in [-0.25, -0.2) is 23.8 Å². The molecule has 0 bridgehead atoms. The van der Waals surface area contributed by atoms with Crippen molar-refractivity contribution in [2.75, 3.05) is 74.2 Å². The van der Waals surface area contributed by atoms with Gasteiger partial charge in [0.15, 0.2) is 0 Å². The first-order chi connectivity index (χ1) is 33.0. The van der Waals surface area contributed by atoms with Gasteiger partial charge in [-0.15, -0.1) is 0 Å². The van der Waals surface area contributed by atoms with Crippen LogP contribution in [0.4, 0.5) is 22.1 Å². The maximum atomic E-state index is 12.7. The van der Waals surface area contributed by atoms with E-state index in [9.17, 15) is 9.59 Å². The number of amides is 2. The second-order valence-corrected chi connectivity index (χ2v) is 17.4. The molecule has 2 aliphatic heterocycles. The van der Waals surface area contributed by atoms with E-state index >= 15 is 0 Å². The Morgan fingerprint density at radius 2 is 1.26 bits per heavy atom. The summed E-state index contributed by atoms with van der Waals surface area (Å²) in [5.74, 6) is 0.639. The highest BCUT2D eigenvalue weighted by atomic mass is 16.6. The lowest BCUT2D eigenvalue weighted by Gasteiger charge is -2.35. The van der Waals surface area contributed by atoms with Gasteiger partial charge in [-0.2, -0.15) is 20.4 Å². The summed E-state index contributed by atoms with van der Waals surface area (Å²) in [5, 5.41) is 17.7. The number of hydrogen-bond donors (Lipinski definition) is 0. The Kier molecular flexibility index (Phi) is 14.4. The fraction of sp³-hybridized carbons (Fsp3) is 0.360. The van der Waals surface area contributed by atoms with Crippen LogP contribution in [0, 0.1) is 0 Å². The van der Waals surface area contributed by atoms with Crippen molar-refractivity contribution in [3.63, 3.8) is 0 Å². The summed E-state index contributed by atoms with van der Waals surface area (Å²) in [6.07, 6.45) is 19.6. The third-order valence-electron chi connectivity index (χ3n) is 11.5. The number of aromatic nitrogens is 10. The summed E-state index contributed by atoms with van der Waals surface area (Å²) in [4.78, 5) is 42.1. The molecule has 2 saturated heterocycles. The van der Waals surface area contributed by atoms with Gasteiger partial charge < -0.3 is 24.2 Å². The summed E-state index contributed by atoms with van der Waals surface area (Å²) in [5.41, 5.74) is 9.76. The molecule has 18 heteroatoms. The number of aryl methyl sites for hydroxylation is 1. The third-order valence-corrected chi connectivity index (χ3v) is 11.5. The Morgan fingerprint density at radius 1 is 0.647 bits per heavy atom. The van der Waals surface area contributed by atoms with Gasteiger partial charge in [-0.05, 0) is 44.0 Å². The van der Waals surface area contributed by atoms with Gasteiger partial charge in [0.05, 0.1) is 60.3 Å². The summed E-state index contributed by atoms with van der Waals surface area (Å²) in [6.45, 7) is 15.1. The molecule has 8 aromatic rings. The number of carbonyl (C=O) groups is 2. The molecule has 0 unspecified atom stereocenters. The monoisotopic (exact) mass is 920 g/mol.